The molecule has 3 rings (SSSR count). The van der Waals surface area contributed by atoms with Gasteiger partial charge in [0.15, 0.2) is 5.76 Å². The lowest BCUT2D eigenvalue weighted by Gasteiger charge is -2.10. The first-order chi connectivity index (χ1) is 11.0. The van der Waals surface area contributed by atoms with Gasteiger partial charge < -0.3 is 14.4 Å². The summed E-state index contributed by atoms with van der Waals surface area (Å²) < 4.78 is 5.11. The van der Waals surface area contributed by atoms with Crippen LogP contribution in [-0.4, -0.2) is 40.8 Å². The van der Waals surface area contributed by atoms with E-state index in [1.807, 2.05) is 34.0 Å². The molecule has 0 saturated carbocycles. The SMILES string of the molecule is Cc1[nH]c(/C=C2/C(=O)NN=C2c2ccno2)c(C)c1CN(C)C. The van der Waals surface area contributed by atoms with Crippen LogP contribution in [0.5, 0.6) is 0 Å². The quantitative estimate of drug-likeness (QED) is 0.839. The molecule has 7 heteroatoms. The highest BCUT2D eigenvalue weighted by atomic mass is 16.5. The number of nitrogens with one attached hydrogen (secondary N) is 2. The van der Waals surface area contributed by atoms with Crippen molar-refractivity contribution in [2.75, 3.05) is 14.1 Å². The van der Waals surface area contributed by atoms with Crippen molar-refractivity contribution in [1.82, 2.24) is 20.5 Å². The zero-order chi connectivity index (χ0) is 16.6. The van der Waals surface area contributed by atoms with Gasteiger partial charge in [-0.3, -0.25) is 4.79 Å². The van der Waals surface area contributed by atoms with E-state index in [2.05, 4.69) is 25.6 Å². The molecule has 0 aliphatic carbocycles. The summed E-state index contributed by atoms with van der Waals surface area (Å²) in [4.78, 5) is 17.5. The number of aryl methyl sites for hydroxylation is 1. The van der Waals surface area contributed by atoms with E-state index in [9.17, 15) is 4.79 Å². The van der Waals surface area contributed by atoms with Crippen molar-refractivity contribution in [2.45, 2.75) is 20.4 Å². The lowest BCUT2D eigenvalue weighted by Crippen LogP contribution is -2.13. The molecule has 23 heavy (non-hydrogen) atoms. The summed E-state index contributed by atoms with van der Waals surface area (Å²) in [6, 6.07) is 1.68. The predicted molar refractivity (Wildman–Crippen MR) is 86.8 cm³/mol. The molecule has 0 aromatic carbocycles. The predicted octanol–water partition coefficient (Wildman–Crippen LogP) is 1.60. The van der Waals surface area contributed by atoms with E-state index in [0.717, 1.165) is 23.5 Å². The van der Waals surface area contributed by atoms with Gasteiger partial charge in [0.25, 0.3) is 5.91 Å². The summed E-state index contributed by atoms with van der Waals surface area (Å²) in [6.07, 6.45) is 3.34. The Labute approximate surface area is 134 Å². The Balaban J connectivity index is 2.01. The molecule has 0 spiro atoms. The Morgan fingerprint density at radius 3 is 2.78 bits per heavy atom. The fourth-order valence-electron chi connectivity index (χ4n) is 2.65. The fourth-order valence-corrected chi connectivity index (χ4v) is 2.65. The average molecular weight is 313 g/mol. The molecule has 7 nitrogen and oxygen atoms in total. The lowest BCUT2D eigenvalue weighted by atomic mass is 10.0. The van der Waals surface area contributed by atoms with Crippen LogP contribution in [0.3, 0.4) is 0 Å². The van der Waals surface area contributed by atoms with E-state index in [1.165, 1.54) is 11.8 Å². The first kappa shape index (κ1) is 15.2. The number of hydrogen-bond donors (Lipinski definition) is 2. The second kappa shape index (κ2) is 5.85. The van der Waals surface area contributed by atoms with E-state index in [4.69, 9.17) is 4.52 Å². The van der Waals surface area contributed by atoms with Crippen molar-refractivity contribution in [3.05, 3.63) is 46.1 Å². The number of H-pyrrole nitrogens is 1. The van der Waals surface area contributed by atoms with Crippen LogP contribution in [0, 0.1) is 13.8 Å². The third-order valence-corrected chi connectivity index (χ3v) is 3.83. The number of amides is 1. The molecule has 0 bridgehead atoms. The van der Waals surface area contributed by atoms with Gasteiger partial charge in [-0.2, -0.15) is 5.10 Å². The summed E-state index contributed by atoms with van der Waals surface area (Å²) >= 11 is 0. The van der Waals surface area contributed by atoms with Crippen LogP contribution in [-0.2, 0) is 11.3 Å². The minimum Gasteiger partial charge on any atom is -0.359 e. The van der Waals surface area contributed by atoms with Gasteiger partial charge in [-0.15, -0.1) is 0 Å². The summed E-state index contributed by atoms with van der Waals surface area (Å²) in [7, 11) is 4.06. The van der Waals surface area contributed by atoms with Gasteiger partial charge in [0.05, 0.1) is 11.8 Å². The van der Waals surface area contributed by atoms with E-state index in [0.29, 0.717) is 17.0 Å². The third-order valence-electron chi connectivity index (χ3n) is 3.83. The molecular weight excluding hydrogens is 294 g/mol. The second-order valence-electron chi connectivity index (χ2n) is 5.84. The van der Waals surface area contributed by atoms with Crippen molar-refractivity contribution >= 4 is 17.7 Å². The summed E-state index contributed by atoms with van der Waals surface area (Å²) in [5.74, 6) is 0.209. The highest BCUT2D eigenvalue weighted by Crippen LogP contribution is 2.23. The van der Waals surface area contributed by atoms with Crippen molar-refractivity contribution in [2.24, 2.45) is 5.10 Å². The highest BCUT2D eigenvalue weighted by Gasteiger charge is 2.27. The molecule has 0 saturated heterocycles. The van der Waals surface area contributed by atoms with Crippen LogP contribution in [0.4, 0.5) is 0 Å². The number of carbonyl (C=O) groups excluding carboxylic acids is 1. The Kier molecular flexibility index (Phi) is 3.87. The molecule has 2 aromatic heterocycles. The standard InChI is InChI=1S/C16H19N5O2/c1-9-12(8-21(3)4)10(2)18-13(9)7-11-15(19-20-16(11)22)14-5-6-17-23-14/h5-7,18H,8H2,1-4H3,(H,20,22)/b11-7+. The van der Waals surface area contributed by atoms with Crippen LogP contribution >= 0.6 is 0 Å². The zero-order valence-corrected chi connectivity index (χ0v) is 13.6. The Bertz CT molecular complexity index is 797. The number of rotatable bonds is 4. The van der Waals surface area contributed by atoms with Gasteiger partial charge in [-0.25, -0.2) is 5.43 Å². The maximum absolute atomic E-state index is 12.1. The maximum Gasteiger partial charge on any atom is 0.273 e. The summed E-state index contributed by atoms with van der Waals surface area (Å²) in [6.45, 7) is 4.92. The number of aromatic nitrogens is 2. The molecule has 1 aliphatic heterocycles. The second-order valence-corrected chi connectivity index (χ2v) is 5.84. The number of nitrogens with zero attached hydrogens (tertiary/aromatic N) is 3. The third kappa shape index (κ3) is 2.83. The minimum absolute atomic E-state index is 0.253. The normalized spacial score (nSPS) is 16.3. The number of hydrazone groups is 1. The van der Waals surface area contributed by atoms with Crippen LogP contribution < -0.4 is 5.43 Å². The number of hydrogen-bond acceptors (Lipinski definition) is 5. The van der Waals surface area contributed by atoms with Crippen LogP contribution in [0.1, 0.15) is 28.3 Å². The van der Waals surface area contributed by atoms with E-state index in [-0.39, 0.29) is 5.91 Å². The van der Waals surface area contributed by atoms with Gasteiger partial charge >= 0.3 is 0 Å². The van der Waals surface area contributed by atoms with Gasteiger partial charge in [0.2, 0.25) is 0 Å². The number of carbonyl (C=O) groups is 1. The molecule has 0 fully saturated rings. The van der Waals surface area contributed by atoms with E-state index >= 15 is 0 Å². The van der Waals surface area contributed by atoms with Crippen LogP contribution in [0.15, 0.2) is 27.5 Å². The summed E-state index contributed by atoms with van der Waals surface area (Å²) in [5.41, 5.74) is 7.76. The highest BCUT2D eigenvalue weighted by molar-refractivity contribution is 6.32. The molecule has 2 aromatic rings. The van der Waals surface area contributed by atoms with Crippen molar-refractivity contribution in [3.8, 4) is 0 Å². The number of aromatic amines is 1. The first-order valence-electron chi connectivity index (χ1n) is 7.31. The first-order valence-corrected chi connectivity index (χ1v) is 7.31. The van der Waals surface area contributed by atoms with Crippen molar-refractivity contribution < 1.29 is 9.32 Å². The van der Waals surface area contributed by atoms with Gasteiger partial charge in [-0.05, 0) is 45.1 Å². The molecule has 2 N–H and O–H groups in total. The Morgan fingerprint density at radius 1 is 1.35 bits per heavy atom. The maximum atomic E-state index is 12.1. The fraction of sp³-hybridized carbons (Fsp3) is 0.312. The molecular formula is C16H19N5O2. The van der Waals surface area contributed by atoms with Gasteiger partial charge in [-0.1, -0.05) is 5.16 Å². The Morgan fingerprint density at radius 2 is 2.13 bits per heavy atom. The van der Waals surface area contributed by atoms with Crippen molar-refractivity contribution in [3.63, 3.8) is 0 Å². The van der Waals surface area contributed by atoms with Crippen LogP contribution in [0.25, 0.3) is 6.08 Å². The van der Waals surface area contributed by atoms with Gasteiger partial charge in [0, 0.05) is 24.0 Å². The van der Waals surface area contributed by atoms with E-state index < -0.39 is 0 Å². The molecule has 0 unspecified atom stereocenters. The monoisotopic (exact) mass is 313 g/mol. The molecule has 1 amide bonds. The molecule has 1 aliphatic rings. The van der Waals surface area contributed by atoms with Gasteiger partial charge in [0.1, 0.15) is 5.71 Å². The summed E-state index contributed by atoms with van der Waals surface area (Å²) in [5, 5.41) is 7.70. The molecule has 3 heterocycles. The largest absolute Gasteiger partial charge is 0.359 e. The topological polar surface area (TPSA) is 86.5 Å². The molecule has 0 radical (unpaired) electrons. The molecule has 0 atom stereocenters. The van der Waals surface area contributed by atoms with Crippen molar-refractivity contribution in [1.29, 1.82) is 0 Å². The zero-order valence-electron chi connectivity index (χ0n) is 13.6. The minimum atomic E-state index is -0.253. The molecule has 120 valence electrons. The smallest absolute Gasteiger partial charge is 0.273 e. The van der Waals surface area contributed by atoms with Crippen LogP contribution in [0.2, 0.25) is 0 Å². The average Bonchev–Trinajstić information content (AvgIpc) is 3.18. The Hall–Kier alpha value is -2.67. The lowest BCUT2D eigenvalue weighted by molar-refractivity contribution is -0.116. The van der Waals surface area contributed by atoms with E-state index in [1.54, 1.807) is 6.07 Å².